The highest BCUT2D eigenvalue weighted by molar-refractivity contribution is 5.89. The number of benzene rings is 1. The van der Waals surface area contributed by atoms with E-state index in [4.69, 9.17) is 14.2 Å². The standard InChI is InChI=1S/C20H24O5/c1-6-14(3)19(21)24-12-8-9-16-10-11-17(18(13-16)23-5)25-20(22)15(4)7-2/h6-11,13H,12H2,1-5H3/b9-8+,14-6-,15-7-. The highest BCUT2D eigenvalue weighted by Gasteiger charge is 2.11. The summed E-state index contributed by atoms with van der Waals surface area (Å²) in [5, 5.41) is 0. The number of allylic oxidation sites excluding steroid dienone is 2. The number of hydrogen-bond acceptors (Lipinski definition) is 5. The summed E-state index contributed by atoms with van der Waals surface area (Å²) in [5.74, 6) is 0.0313. The molecule has 0 fully saturated rings. The van der Waals surface area contributed by atoms with Crippen molar-refractivity contribution in [3.05, 3.63) is 53.1 Å². The lowest BCUT2D eigenvalue weighted by atomic mass is 10.2. The number of carbonyl (C=O) groups excluding carboxylic acids is 2. The van der Waals surface area contributed by atoms with Crippen LogP contribution in [0.1, 0.15) is 33.3 Å². The van der Waals surface area contributed by atoms with Crippen molar-refractivity contribution in [3.8, 4) is 11.5 Å². The van der Waals surface area contributed by atoms with Crippen LogP contribution in [0, 0.1) is 0 Å². The van der Waals surface area contributed by atoms with E-state index in [9.17, 15) is 9.59 Å². The van der Waals surface area contributed by atoms with Crippen molar-refractivity contribution in [2.75, 3.05) is 13.7 Å². The molecule has 1 aromatic carbocycles. The monoisotopic (exact) mass is 344 g/mol. The van der Waals surface area contributed by atoms with Gasteiger partial charge in [0, 0.05) is 11.1 Å². The summed E-state index contributed by atoms with van der Waals surface area (Å²) < 4.78 is 15.7. The first-order valence-corrected chi connectivity index (χ1v) is 7.92. The maximum Gasteiger partial charge on any atom is 0.338 e. The van der Waals surface area contributed by atoms with Crippen LogP contribution in [0.15, 0.2) is 47.6 Å². The van der Waals surface area contributed by atoms with Gasteiger partial charge < -0.3 is 14.2 Å². The molecule has 0 heterocycles. The van der Waals surface area contributed by atoms with Gasteiger partial charge in [0.1, 0.15) is 6.61 Å². The molecule has 5 nitrogen and oxygen atoms in total. The summed E-state index contributed by atoms with van der Waals surface area (Å²) in [5.41, 5.74) is 1.92. The molecular formula is C20H24O5. The third kappa shape index (κ3) is 6.30. The van der Waals surface area contributed by atoms with E-state index in [1.165, 1.54) is 7.11 Å². The van der Waals surface area contributed by atoms with Gasteiger partial charge in [-0.3, -0.25) is 0 Å². The van der Waals surface area contributed by atoms with Gasteiger partial charge in [-0.2, -0.15) is 0 Å². The van der Waals surface area contributed by atoms with Crippen LogP contribution in [-0.4, -0.2) is 25.7 Å². The van der Waals surface area contributed by atoms with Crippen LogP contribution >= 0.6 is 0 Å². The SMILES string of the molecule is C/C=C(/C)C(=O)OC/C=C/c1ccc(OC(=O)/C(C)=C\C)c(OC)c1. The van der Waals surface area contributed by atoms with Crippen LogP contribution in [0.2, 0.25) is 0 Å². The molecule has 0 aromatic heterocycles. The van der Waals surface area contributed by atoms with Crippen LogP contribution in [0.5, 0.6) is 11.5 Å². The molecule has 0 aliphatic carbocycles. The van der Waals surface area contributed by atoms with Gasteiger partial charge in [-0.05, 0) is 51.5 Å². The fourth-order valence-corrected chi connectivity index (χ4v) is 1.71. The molecule has 1 rings (SSSR count). The molecule has 25 heavy (non-hydrogen) atoms. The van der Waals surface area contributed by atoms with E-state index in [1.807, 2.05) is 0 Å². The first-order valence-electron chi connectivity index (χ1n) is 7.92. The molecule has 1 aromatic rings. The fraction of sp³-hybridized carbons (Fsp3) is 0.300. The predicted octanol–water partition coefficient (Wildman–Crippen LogP) is 4.09. The van der Waals surface area contributed by atoms with Crippen molar-refractivity contribution in [2.45, 2.75) is 27.7 Å². The number of ether oxygens (including phenoxy) is 3. The van der Waals surface area contributed by atoms with E-state index < -0.39 is 5.97 Å². The predicted molar refractivity (Wildman–Crippen MR) is 97.5 cm³/mol. The molecule has 0 atom stereocenters. The van der Waals surface area contributed by atoms with Crippen molar-refractivity contribution in [2.24, 2.45) is 0 Å². The quantitative estimate of drug-likeness (QED) is 0.423. The second-order valence-electron chi connectivity index (χ2n) is 5.24. The Morgan fingerprint density at radius 3 is 2.24 bits per heavy atom. The average molecular weight is 344 g/mol. The molecule has 0 saturated carbocycles. The second-order valence-corrected chi connectivity index (χ2v) is 5.24. The Morgan fingerprint density at radius 2 is 1.64 bits per heavy atom. The Labute approximate surface area is 148 Å². The van der Waals surface area contributed by atoms with E-state index in [0.29, 0.717) is 22.6 Å². The number of hydrogen-bond donors (Lipinski definition) is 0. The van der Waals surface area contributed by atoms with Crippen LogP contribution in [0.3, 0.4) is 0 Å². The van der Waals surface area contributed by atoms with Crippen molar-refractivity contribution in [1.82, 2.24) is 0 Å². The van der Waals surface area contributed by atoms with Gasteiger partial charge in [0.15, 0.2) is 11.5 Å². The minimum atomic E-state index is -0.421. The lowest BCUT2D eigenvalue weighted by Gasteiger charge is -2.10. The second kappa shape index (κ2) is 10.1. The Kier molecular flexibility index (Phi) is 8.19. The molecule has 0 N–H and O–H groups in total. The molecule has 0 aliphatic heterocycles. The molecule has 5 heteroatoms. The number of esters is 2. The summed E-state index contributed by atoms with van der Waals surface area (Å²) in [6, 6.07) is 5.18. The van der Waals surface area contributed by atoms with Gasteiger partial charge in [-0.25, -0.2) is 9.59 Å². The zero-order chi connectivity index (χ0) is 18.8. The topological polar surface area (TPSA) is 61.8 Å². The van der Waals surface area contributed by atoms with Crippen molar-refractivity contribution in [1.29, 1.82) is 0 Å². The van der Waals surface area contributed by atoms with E-state index in [-0.39, 0.29) is 12.6 Å². The van der Waals surface area contributed by atoms with E-state index in [1.54, 1.807) is 70.2 Å². The van der Waals surface area contributed by atoms with Crippen molar-refractivity contribution >= 4 is 18.0 Å². The summed E-state index contributed by atoms with van der Waals surface area (Å²) in [7, 11) is 1.50. The zero-order valence-electron chi connectivity index (χ0n) is 15.3. The van der Waals surface area contributed by atoms with Gasteiger partial charge in [-0.1, -0.05) is 24.3 Å². The molecule has 0 saturated heterocycles. The zero-order valence-corrected chi connectivity index (χ0v) is 15.3. The first kappa shape index (κ1) is 20.2. The van der Waals surface area contributed by atoms with Gasteiger partial charge in [0.2, 0.25) is 0 Å². The number of methoxy groups -OCH3 is 1. The molecule has 0 unspecified atom stereocenters. The maximum absolute atomic E-state index is 11.8. The minimum Gasteiger partial charge on any atom is -0.493 e. The normalized spacial score (nSPS) is 12.2. The van der Waals surface area contributed by atoms with Gasteiger partial charge >= 0.3 is 11.9 Å². The third-order valence-corrected chi connectivity index (χ3v) is 3.52. The smallest absolute Gasteiger partial charge is 0.338 e. The molecule has 0 aliphatic rings. The third-order valence-electron chi connectivity index (χ3n) is 3.52. The lowest BCUT2D eigenvalue weighted by molar-refractivity contribution is -0.137. The first-order chi connectivity index (χ1) is 11.9. The Bertz CT molecular complexity index is 711. The number of carbonyl (C=O) groups is 2. The van der Waals surface area contributed by atoms with Crippen molar-refractivity contribution < 1.29 is 23.8 Å². The van der Waals surface area contributed by atoms with Crippen LogP contribution in [0.4, 0.5) is 0 Å². The minimum absolute atomic E-state index is 0.170. The van der Waals surface area contributed by atoms with Crippen LogP contribution in [-0.2, 0) is 14.3 Å². The summed E-state index contributed by atoms with van der Waals surface area (Å²) in [6.07, 6.45) is 6.91. The van der Waals surface area contributed by atoms with Crippen LogP contribution < -0.4 is 9.47 Å². The summed E-state index contributed by atoms with van der Waals surface area (Å²) >= 11 is 0. The maximum atomic E-state index is 11.8. The molecule has 0 radical (unpaired) electrons. The van der Waals surface area contributed by atoms with Gasteiger partial charge in [-0.15, -0.1) is 0 Å². The molecular weight excluding hydrogens is 320 g/mol. The van der Waals surface area contributed by atoms with Gasteiger partial charge in [0.05, 0.1) is 7.11 Å². The average Bonchev–Trinajstić information content (AvgIpc) is 2.64. The highest BCUT2D eigenvalue weighted by Crippen LogP contribution is 2.29. The van der Waals surface area contributed by atoms with E-state index >= 15 is 0 Å². The van der Waals surface area contributed by atoms with Crippen LogP contribution in [0.25, 0.3) is 6.08 Å². The molecule has 0 amide bonds. The molecule has 0 bridgehead atoms. The Morgan fingerprint density at radius 1 is 1.00 bits per heavy atom. The largest absolute Gasteiger partial charge is 0.493 e. The molecule has 134 valence electrons. The Balaban J connectivity index is 2.76. The van der Waals surface area contributed by atoms with E-state index in [0.717, 1.165) is 5.56 Å². The van der Waals surface area contributed by atoms with E-state index in [2.05, 4.69) is 0 Å². The lowest BCUT2D eigenvalue weighted by Crippen LogP contribution is -2.09. The molecule has 0 spiro atoms. The number of rotatable bonds is 7. The summed E-state index contributed by atoms with van der Waals surface area (Å²) in [6.45, 7) is 7.11. The Hall–Kier alpha value is -2.82. The summed E-state index contributed by atoms with van der Waals surface area (Å²) in [4.78, 5) is 23.4. The van der Waals surface area contributed by atoms with Gasteiger partial charge in [0.25, 0.3) is 0 Å². The highest BCUT2D eigenvalue weighted by atomic mass is 16.6. The van der Waals surface area contributed by atoms with Crippen molar-refractivity contribution in [3.63, 3.8) is 0 Å². The fourth-order valence-electron chi connectivity index (χ4n) is 1.71.